The second-order valence-electron chi connectivity index (χ2n) is 4.40. The maximum atomic E-state index is 8.74. The van der Waals surface area contributed by atoms with Crippen LogP contribution >= 0.6 is 0 Å². The minimum absolute atomic E-state index is 0.450. The van der Waals surface area contributed by atoms with Gasteiger partial charge in [-0.1, -0.05) is 12.1 Å². The Balaban J connectivity index is 1.67. The highest BCUT2D eigenvalue weighted by Crippen LogP contribution is 2.33. The molecule has 0 radical (unpaired) electrons. The third kappa shape index (κ3) is 2.67. The molecule has 0 bridgehead atoms. The molecule has 0 saturated carbocycles. The van der Waals surface area contributed by atoms with E-state index in [0.29, 0.717) is 31.1 Å². The van der Waals surface area contributed by atoms with Gasteiger partial charge in [0.25, 0.3) is 0 Å². The van der Waals surface area contributed by atoms with Gasteiger partial charge in [0, 0.05) is 6.07 Å². The predicted octanol–water partition coefficient (Wildman–Crippen LogP) is 2.91. The molecule has 0 atom stereocenters. The Labute approximate surface area is 117 Å². The SMILES string of the molecule is N#Cc1ccc(COc2ccc3c(c2)OCCO3)cc1. The zero-order valence-corrected chi connectivity index (χ0v) is 10.8. The van der Waals surface area contributed by atoms with Crippen LogP contribution in [0.1, 0.15) is 11.1 Å². The molecule has 1 aliphatic rings. The molecule has 0 aliphatic carbocycles. The third-order valence-corrected chi connectivity index (χ3v) is 3.00. The van der Waals surface area contributed by atoms with Crippen molar-refractivity contribution in [1.82, 2.24) is 0 Å². The number of nitriles is 1. The van der Waals surface area contributed by atoms with E-state index in [1.54, 1.807) is 12.1 Å². The zero-order valence-electron chi connectivity index (χ0n) is 10.8. The minimum Gasteiger partial charge on any atom is -0.489 e. The topological polar surface area (TPSA) is 51.5 Å². The monoisotopic (exact) mass is 267 g/mol. The fourth-order valence-electron chi connectivity index (χ4n) is 1.96. The molecule has 0 saturated heterocycles. The van der Waals surface area contributed by atoms with Crippen molar-refractivity contribution in [3.63, 3.8) is 0 Å². The van der Waals surface area contributed by atoms with Crippen molar-refractivity contribution in [1.29, 1.82) is 5.26 Å². The Bertz CT molecular complexity index is 644. The van der Waals surface area contributed by atoms with Crippen LogP contribution < -0.4 is 14.2 Å². The molecular weight excluding hydrogens is 254 g/mol. The molecule has 4 nitrogen and oxygen atoms in total. The molecule has 2 aromatic carbocycles. The molecule has 4 heteroatoms. The van der Waals surface area contributed by atoms with Crippen molar-refractivity contribution in [3.8, 4) is 23.3 Å². The first-order valence-corrected chi connectivity index (χ1v) is 6.36. The molecule has 0 amide bonds. The van der Waals surface area contributed by atoms with E-state index < -0.39 is 0 Å². The number of rotatable bonds is 3. The summed E-state index contributed by atoms with van der Waals surface area (Å²) in [4.78, 5) is 0. The Morgan fingerprint density at radius 2 is 1.75 bits per heavy atom. The summed E-state index contributed by atoms with van der Waals surface area (Å²) in [5.41, 5.74) is 1.66. The van der Waals surface area contributed by atoms with Crippen molar-refractivity contribution in [2.75, 3.05) is 13.2 Å². The summed E-state index contributed by atoms with van der Waals surface area (Å²) in [7, 11) is 0. The van der Waals surface area contributed by atoms with Crippen LogP contribution in [0.25, 0.3) is 0 Å². The first-order valence-electron chi connectivity index (χ1n) is 6.36. The molecule has 0 unspecified atom stereocenters. The van der Waals surface area contributed by atoms with Gasteiger partial charge in [-0.25, -0.2) is 0 Å². The average molecular weight is 267 g/mol. The highest BCUT2D eigenvalue weighted by molar-refractivity contribution is 5.46. The van der Waals surface area contributed by atoms with Crippen LogP contribution in [0.3, 0.4) is 0 Å². The lowest BCUT2D eigenvalue weighted by Gasteiger charge is -2.18. The van der Waals surface area contributed by atoms with Crippen LogP contribution in [-0.4, -0.2) is 13.2 Å². The van der Waals surface area contributed by atoms with E-state index in [9.17, 15) is 0 Å². The molecule has 0 fully saturated rings. The second-order valence-corrected chi connectivity index (χ2v) is 4.40. The highest BCUT2D eigenvalue weighted by Gasteiger charge is 2.12. The number of hydrogen-bond donors (Lipinski definition) is 0. The van der Waals surface area contributed by atoms with E-state index in [2.05, 4.69) is 6.07 Å². The quantitative estimate of drug-likeness (QED) is 0.858. The van der Waals surface area contributed by atoms with E-state index in [0.717, 1.165) is 17.1 Å². The summed E-state index contributed by atoms with van der Waals surface area (Å²) in [6, 6.07) is 15.0. The van der Waals surface area contributed by atoms with Gasteiger partial charge in [-0.2, -0.15) is 5.26 Å². The number of nitrogens with zero attached hydrogens (tertiary/aromatic N) is 1. The predicted molar refractivity (Wildman–Crippen MR) is 72.9 cm³/mol. The lowest BCUT2D eigenvalue weighted by molar-refractivity contribution is 0.170. The summed E-state index contributed by atoms with van der Waals surface area (Å²) >= 11 is 0. The fraction of sp³-hybridized carbons (Fsp3) is 0.188. The van der Waals surface area contributed by atoms with Crippen LogP contribution in [0, 0.1) is 11.3 Å². The number of hydrogen-bond acceptors (Lipinski definition) is 4. The van der Waals surface area contributed by atoms with Gasteiger partial charge >= 0.3 is 0 Å². The molecule has 1 heterocycles. The van der Waals surface area contributed by atoms with Crippen LogP contribution in [0.15, 0.2) is 42.5 Å². The molecule has 0 N–H and O–H groups in total. The van der Waals surface area contributed by atoms with Gasteiger partial charge in [0.15, 0.2) is 11.5 Å². The number of ether oxygens (including phenoxy) is 3. The molecule has 20 heavy (non-hydrogen) atoms. The van der Waals surface area contributed by atoms with Crippen molar-refractivity contribution in [3.05, 3.63) is 53.6 Å². The molecule has 100 valence electrons. The lowest BCUT2D eigenvalue weighted by Crippen LogP contribution is -2.15. The van der Waals surface area contributed by atoms with Crippen LogP contribution in [-0.2, 0) is 6.61 Å². The second kappa shape index (κ2) is 5.54. The number of benzene rings is 2. The average Bonchev–Trinajstić information content (AvgIpc) is 2.53. The molecule has 0 spiro atoms. The fourth-order valence-corrected chi connectivity index (χ4v) is 1.96. The van der Waals surface area contributed by atoms with Gasteiger partial charge < -0.3 is 14.2 Å². The van der Waals surface area contributed by atoms with Crippen LogP contribution in [0.2, 0.25) is 0 Å². The first-order chi connectivity index (χ1) is 9.85. The smallest absolute Gasteiger partial charge is 0.165 e. The largest absolute Gasteiger partial charge is 0.489 e. The van der Waals surface area contributed by atoms with Gasteiger partial charge in [-0.15, -0.1) is 0 Å². The standard InChI is InChI=1S/C16H13NO3/c17-10-12-1-3-13(4-2-12)11-20-14-5-6-15-16(9-14)19-8-7-18-15/h1-6,9H,7-8,11H2. The van der Waals surface area contributed by atoms with E-state index in [-0.39, 0.29) is 0 Å². The Kier molecular flexibility index (Phi) is 3.42. The van der Waals surface area contributed by atoms with Crippen molar-refractivity contribution < 1.29 is 14.2 Å². The van der Waals surface area contributed by atoms with Crippen molar-refractivity contribution >= 4 is 0 Å². The van der Waals surface area contributed by atoms with E-state index in [1.165, 1.54) is 0 Å². The summed E-state index contributed by atoms with van der Waals surface area (Å²) < 4.78 is 16.7. The lowest BCUT2D eigenvalue weighted by atomic mass is 10.1. The molecule has 2 aromatic rings. The zero-order chi connectivity index (χ0) is 13.8. The highest BCUT2D eigenvalue weighted by atomic mass is 16.6. The van der Waals surface area contributed by atoms with Crippen LogP contribution in [0.4, 0.5) is 0 Å². The number of fused-ring (bicyclic) bond motifs is 1. The van der Waals surface area contributed by atoms with Gasteiger partial charge in [-0.05, 0) is 29.8 Å². The molecule has 1 aliphatic heterocycles. The summed E-state index contributed by atoms with van der Waals surface area (Å²) in [5, 5.41) is 8.74. The molecule has 3 rings (SSSR count). The van der Waals surface area contributed by atoms with E-state index in [4.69, 9.17) is 19.5 Å². The normalized spacial score (nSPS) is 12.6. The first kappa shape index (κ1) is 12.4. The maximum absolute atomic E-state index is 8.74. The third-order valence-electron chi connectivity index (χ3n) is 3.00. The van der Waals surface area contributed by atoms with Gasteiger partial charge in [0.05, 0.1) is 11.6 Å². The summed E-state index contributed by atoms with van der Waals surface area (Å²) in [5.74, 6) is 2.20. The maximum Gasteiger partial charge on any atom is 0.165 e. The Hall–Kier alpha value is -2.67. The molecule has 0 aromatic heterocycles. The summed E-state index contributed by atoms with van der Waals surface area (Å²) in [6.07, 6.45) is 0. The van der Waals surface area contributed by atoms with Gasteiger partial charge in [-0.3, -0.25) is 0 Å². The van der Waals surface area contributed by atoms with Crippen molar-refractivity contribution in [2.24, 2.45) is 0 Å². The van der Waals surface area contributed by atoms with Gasteiger partial charge in [0.1, 0.15) is 25.6 Å². The van der Waals surface area contributed by atoms with Crippen molar-refractivity contribution in [2.45, 2.75) is 6.61 Å². The Morgan fingerprint density at radius 1 is 1.00 bits per heavy atom. The van der Waals surface area contributed by atoms with Crippen LogP contribution in [0.5, 0.6) is 17.2 Å². The molecular formula is C16H13NO3. The summed E-state index contributed by atoms with van der Waals surface area (Å²) in [6.45, 7) is 1.59. The minimum atomic E-state index is 0.450. The van der Waals surface area contributed by atoms with E-state index >= 15 is 0 Å². The Morgan fingerprint density at radius 3 is 2.50 bits per heavy atom. The van der Waals surface area contributed by atoms with Gasteiger partial charge in [0.2, 0.25) is 0 Å². The van der Waals surface area contributed by atoms with E-state index in [1.807, 2.05) is 30.3 Å².